The van der Waals surface area contributed by atoms with Gasteiger partial charge >= 0.3 is 0 Å². The summed E-state index contributed by atoms with van der Waals surface area (Å²) in [5, 5.41) is 14.7. The van der Waals surface area contributed by atoms with Crippen molar-refractivity contribution < 1.29 is 9.94 Å². The second-order valence-electron chi connectivity index (χ2n) is 6.70. The quantitative estimate of drug-likeness (QED) is 0.357. The van der Waals surface area contributed by atoms with Crippen molar-refractivity contribution in [3.63, 3.8) is 0 Å². The summed E-state index contributed by atoms with van der Waals surface area (Å²) < 4.78 is 1.17. The predicted molar refractivity (Wildman–Crippen MR) is 121 cm³/mol. The summed E-state index contributed by atoms with van der Waals surface area (Å²) in [5.41, 5.74) is 4.92. The Hall–Kier alpha value is -4.23. The van der Waals surface area contributed by atoms with E-state index >= 15 is 0 Å². The van der Waals surface area contributed by atoms with Crippen molar-refractivity contribution in [1.29, 1.82) is 0 Å². The number of fused-ring (bicyclic) bond motifs is 1. The molecule has 0 bridgehead atoms. The van der Waals surface area contributed by atoms with E-state index in [-0.39, 0.29) is 17.9 Å². The number of rotatable bonds is 7. The second-order valence-corrected chi connectivity index (χ2v) is 6.70. The van der Waals surface area contributed by atoms with Gasteiger partial charge in [0.2, 0.25) is 0 Å². The number of hydrogen-bond donors (Lipinski definition) is 2. The zero-order chi connectivity index (χ0) is 21.6. The van der Waals surface area contributed by atoms with Crippen LogP contribution in [0.1, 0.15) is 17.0 Å². The van der Waals surface area contributed by atoms with Crippen LogP contribution in [0.5, 0.6) is 5.75 Å². The lowest BCUT2D eigenvalue weighted by Gasteiger charge is -2.12. The Kier molecular flexibility index (Phi) is 5.86. The average Bonchev–Trinajstić information content (AvgIpc) is 2.80. The van der Waals surface area contributed by atoms with E-state index in [1.807, 2.05) is 36.4 Å². The largest absolute Gasteiger partial charge is 0.507 e. The molecule has 0 saturated heterocycles. The van der Waals surface area contributed by atoms with E-state index in [9.17, 15) is 9.90 Å². The Balaban J connectivity index is 1.63. The fourth-order valence-electron chi connectivity index (χ4n) is 2.98. The number of phenols is 1. The molecule has 1 aromatic heterocycles. The van der Waals surface area contributed by atoms with Gasteiger partial charge in [0.1, 0.15) is 12.4 Å². The first-order chi connectivity index (χ1) is 15.1. The van der Waals surface area contributed by atoms with Gasteiger partial charge in [-0.15, -0.1) is 0 Å². The number of hydrogen-bond acceptors (Lipinski definition) is 6. The number of nitrogens with zero attached hydrogens (tertiary/aromatic N) is 3. The molecule has 154 valence electrons. The first kappa shape index (κ1) is 20.1. The summed E-state index contributed by atoms with van der Waals surface area (Å²) in [6, 6.07) is 23.3. The van der Waals surface area contributed by atoms with Gasteiger partial charge in [0.25, 0.3) is 5.56 Å². The second kappa shape index (κ2) is 9.06. The van der Waals surface area contributed by atoms with Crippen LogP contribution in [-0.4, -0.2) is 21.0 Å². The van der Waals surface area contributed by atoms with Crippen molar-refractivity contribution in [2.24, 2.45) is 5.10 Å². The zero-order valence-electron chi connectivity index (χ0n) is 16.6. The minimum Gasteiger partial charge on any atom is -0.507 e. The molecule has 0 aliphatic carbocycles. The van der Waals surface area contributed by atoms with Crippen LogP contribution in [0.15, 0.2) is 95.3 Å². The van der Waals surface area contributed by atoms with E-state index in [1.54, 1.807) is 42.5 Å². The van der Waals surface area contributed by atoms with Crippen molar-refractivity contribution in [2.75, 3.05) is 0 Å². The molecule has 0 saturated carbocycles. The molecule has 4 rings (SSSR count). The summed E-state index contributed by atoms with van der Waals surface area (Å²) in [4.78, 5) is 23.1. The number of aromatic hydroxyl groups is 1. The summed E-state index contributed by atoms with van der Waals surface area (Å²) in [6.45, 7) is 3.91. The zero-order valence-corrected chi connectivity index (χ0v) is 16.6. The highest BCUT2D eigenvalue weighted by Gasteiger charge is 2.11. The average molecular weight is 412 g/mol. The topological polar surface area (TPSA) is 88.7 Å². The molecule has 0 spiro atoms. The van der Waals surface area contributed by atoms with Crippen molar-refractivity contribution >= 4 is 22.8 Å². The van der Waals surface area contributed by atoms with E-state index in [1.165, 1.54) is 10.9 Å². The molecule has 2 N–H and O–H groups in total. The van der Waals surface area contributed by atoms with Crippen LogP contribution in [0.25, 0.3) is 16.6 Å². The van der Waals surface area contributed by atoms with E-state index in [0.717, 1.165) is 5.56 Å². The summed E-state index contributed by atoms with van der Waals surface area (Å²) >= 11 is 0. The van der Waals surface area contributed by atoms with Crippen molar-refractivity contribution in [2.45, 2.75) is 6.61 Å². The minimum atomic E-state index is -0.335. The maximum absolute atomic E-state index is 13.0. The van der Waals surface area contributed by atoms with Gasteiger partial charge in [-0.1, -0.05) is 61.2 Å². The first-order valence-corrected chi connectivity index (χ1v) is 9.58. The Morgan fingerprint density at radius 3 is 2.58 bits per heavy atom. The molecule has 0 aliphatic heterocycles. The monoisotopic (exact) mass is 412 g/mol. The van der Waals surface area contributed by atoms with E-state index in [0.29, 0.717) is 28.0 Å². The lowest BCUT2D eigenvalue weighted by atomic mass is 10.2. The van der Waals surface area contributed by atoms with Crippen LogP contribution >= 0.6 is 0 Å². The smallest absolute Gasteiger partial charge is 0.282 e. The maximum Gasteiger partial charge on any atom is 0.282 e. The molecule has 0 aliphatic rings. The van der Waals surface area contributed by atoms with Crippen molar-refractivity contribution in [1.82, 2.24) is 15.1 Å². The molecule has 1 heterocycles. The van der Waals surface area contributed by atoms with Gasteiger partial charge in [0.15, 0.2) is 5.82 Å². The predicted octanol–water partition coefficient (Wildman–Crippen LogP) is 3.68. The highest BCUT2D eigenvalue weighted by Crippen LogP contribution is 2.14. The summed E-state index contributed by atoms with van der Waals surface area (Å²) in [7, 11) is 0. The number of para-hydroxylation sites is 2. The number of hydroxylamine groups is 1. The van der Waals surface area contributed by atoms with Crippen LogP contribution < -0.4 is 11.0 Å². The third kappa shape index (κ3) is 4.52. The van der Waals surface area contributed by atoms with Crippen LogP contribution in [0.4, 0.5) is 0 Å². The minimum absolute atomic E-state index is 0.0377. The molecular weight excluding hydrogens is 392 g/mol. The standard InChI is InChI=1S/C24H20N4O3/c1-17(18-9-3-2-4-10-18)27-31-16-23-26-21-13-7-6-12-20(21)24(30)28(23)25-15-19-11-5-8-14-22(19)29/h2-15,27,29H,1,16H2/b25-15+. The van der Waals surface area contributed by atoms with Crippen LogP contribution in [-0.2, 0) is 11.4 Å². The lowest BCUT2D eigenvalue weighted by Crippen LogP contribution is -2.24. The van der Waals surface area contributed by atoms with Crippen LogP contribution in [0.2, 0.25) is 0 Å². The van der Waals surface area contributed by atoms with Gasteiger partial charge in [-0.25, -0.2) is 4.98 Å². The number of benzene rings is 3. The summed E-state index contributed by atoms with van der Waals surface area (Å²) in [5.74, 6) is 0.357. The molecule has 7 nitrogen and oxygen atoms in total. The Bertz CT molecular complexity index is 1310. The lowest BCUT2D eigenvalue weighted by molar-refractivity contribution is 0.0581. The van der Waals surface area contributed by atoms with Crippen molar-refractivity contribution in [3.05, 3.63) is 113 Å². The number of aromatic nitrogens is 2. The highest BCUT2D eigenvalue weighted by molar-refractivity contribution is 5.83. The molecule has 7 heteroatoms. The Labute approximate surface area is 178 Å². The fourth-order valence-corrected chi connectivity index (χ4v) is 2.98. The molecule has 4 aromatic rings. The highest BCUT2D eigenvalue weighted by atomic mass is 16.6. The van der Waals surface area contributed by atoms with E-state index in [2.05, 4.69) is 22.1 Å². The van der Waals surface area contributed by atoms with Gasteiger partial charge in [-0.2, -0.15) is 9.78 Å². The molecule has 0 unspecified atom stereocenters. The Morgan fingerprint density at radius 1 is 1.06 bits per heavy atom. The molecule has 0 fully saturated rings. The third-order valence-corrected chi connectivity index (χ3v) is 4.59. The Morgan fingerprint density at radius 2 is 1.77 bits per heavy atom. The molecule has 0 atom stereocenters. The molecule has 3 aromatic carbocycles. The van der Waals surface area contributed by atoms with Gasteiger partial charge in [0.05, 0.1) is 22.8 Å². The van der Waals surface area contributed by atoms with Crippen molar-refractivity contribution in [3.8, 4) is 5.75 Å². The van der Waals surface area contributed by atoms with Gasteiger partial charge < -0.3 is 5.11 Å². The number of nitrogens with one attached hydrogen (secondary N) is 1. The van der Waals surface area contributed by atoms with Crippen LogP contribution in [0, 0.1) is 0 Å². The molecular formula is C24H20N4O3. The summed E-state index contributed by atoms with van der Waals surface area (Å²) in [6.07, 6.45) is 1.41. The van der Waals surface area contributed by atoms with Crippen LogP contribution in [0.3, 0.4) is 0 Å². The van der Waals surface area contributed by atoms with Gasteiger partial charge in [-0.05, 0) is 29.8 Å². The fraction of sp³-hybridized carbons (Fsp3) is 0.0417. The normalized spacial score (nSPS) is 11.1. The van der Waals surface area contributed by atoms with Gasteiger partial charge in [-0.3, -0.25) is 15.1 Å². The molecule has 31 heavy (non-hydrogen) atoms. The van der Waals surface area contributed by atoms with E-state index < -0.39 is 0 Å². The van der Waals surface area contributed by atoms with E-state index in [4.69, 9.17) is 4.84 Å². The molecule has 0 radical (unpaired) electrons. The molecule has 0 amide bonds. The first-order valence-electron chi connectivity index (χ1n) is 9.58. The SMILES string of the molecule is C=C(NOCc1nc2ccccc2c(=O)n1/N=C/c1ccccc1O)c1ccccc1. The van der Waals surface area contributed by atoms with Gasteiger partial charge in [0, 0.05) is 5.56 Å². The number of phenolic OH excluding ortho intramolecular Hbond substituents is 1. The maximum atomic E-state index is 13.0. The third-order valence-electron chi connectivity index (χ3n) is 4.59.